The van der Waals surface area contributed by atoms with Crippen LogP contribution in [0.5, 0.6) is 0 Å². The van der Waals surface area contributed by atoms with E-state index in [9.17, 15) is 4.39 Å². The number of hydrogen-bond donors (Lipinski definition) is 2. The molecule has 0 saturated carbocycles. The molecule has 1 aromatic heterocycles. The minimum Gasteiger partial charge on any atom is -0.409 e. The molecule has 0 bridgehead atoms. The summed E-state index contributed by atoms with van der Waals surface area (Å²) in [6, 6.07) is 1.11. The number of nitrogens with two attached hydrogens (primary N) is 1. The first-order chi connectivity index (χ1) is 9.52. The molecule has 1 saturated heterocycles. The topological polar surface area (TPSA) is 78.0 Å². The van der Waals surface area contributed by atoms with Crippen LogP contribution in [0.15, 0.2) is 17.4 Å². The zero-order valence-electron chi connectivity index (χ0n) is 11.1. The van der Waals surface area contributed by atoms with Crippen molar-refractivity contribution in [1.29, 1.82) is 0 Å². The average molecular weight is 302 g/mol. The van der Waals surface area contributed by atoms with Gasteiger partial charge in [0.15, 0.2) is 17.5 Å². The summed E-state index contributed by atoms with van der Waals surface area (Å²) in [4.78, 5) is 7.97. The molecule has 1 fully saturated rings. The quantitative estimate of drug-likeness (QED) is 0.379. The van der Waals surface area contributed by atoms with Crippen LogP contribution in [0.3, 0.4) is 0 Å². The monoisotopic (exact) mass is 301 g/mol. The van der Waals surface area contributed by atoms with E-state index < -0.39 is 5.82 Å². The average Bonchev–Trinajstić information content (AvgIpc) is 2.46. The van der Waals surface area contributed by atoms with Crippen LogP contribution in [0.4, 0.5) is 10.2 Å². The molecule has 2 rings (SSSR count). The third-order valence-electron chi connectivity index (χ3n) is 3.49. The zero-order valence-corrected chi connectivity index (χ0v) is 11.9. The number of amidine groups is 1. The lowest BCUT2D eigenvalue weighted by Crippen LogP contribution is -2.53. The molecule has 1 aliphatic heterocycles. The van der Waals surface area contributed by atoms with Gasteiger partial charge >= 0.3 is 0 Å². The summed E-state index contributed by atoms with van der Waals surface area (Å²) >= 11 is 5.69. The highest BCUT2D eigenvalue weighted by molar-refractivity contribution is 6.30. The van der Waals surface area contributed by atoms with Crippen LogP contribution in [0.25, 0.3) is 0 Å². The zero-order chi connectivity index (χ0) is 14.7. The van der Waals surface area contributed by atoms with Crippen LogP contribution in [0, 0.1) is 5.82 Å². The summed E-state index contributed by atoms with van der Waals surface area (Å²) in [6.07, 6.45) is 1.44. The first-order valence-corrected chi connectivity index (χ1v) is 6.68. The molecule has 20 heavy (non-hydrogen) atoms. The number of aromatic nitrogens is 1. The Morgan fingerprint density at radius 2 is 2.15 bits per heavy atom. The minimum absolute atomic E-state index is 0.148. The van der Waals surface area contributed by atoms with Gasteiger partial charge in [0.1, 0.15) is 0 Å². The molecule has 1 aliphatic rings. The van der Waals surface area contributed by atoms with Gasteiger partial charge in [-0.05, 0) is 13.0 Å². The van der Waals surface area contributed by atoms with Crippen LogP contribution >= 0.6 is 11.6 Å². The van der Waals surface area contributed by atoms with Gasteiger partial charge in [-0.25, -0.2) is 9.37 Å². The first kappa shape index (κ1) is 14.8. The Kier molecular flexibility index (Phi) is 4.61. The lowest BCUT2D eigenvalue weighted by atomic mass is 10.2. The number of oxime groups is 1. The van der Waals surface area contributed by atoms with E-state index in [1.807, 2.05) is 11.8 Å². The second-order valence-electron chi connectivity index (χ2n) is 4.68. The SMILES string of the molecule is CC(C(N)=NO)N1CCN(c2ncc(Cl)cc2F)CC1. The molecule has 1 unspecified atom stereocenters. The highest BCUT2D eigenvalue weighted by Gasteiger charge is 2.25. The molecule has 0 aliphatic carbocycles. The molecule has 6 nitrogen and oxygen atoms in total. The van der Waals surface area contributed by atoms with Gasteiger partial charge in [0.05, 0.1) is 11.1 Å². The molecule has 8 heteroatoms. The lowest BCUT2D eigenvalue weighted by Gasteiger charge is -2.38. The van der Waals surface area contributed by atoms with Crippen molar-refractivity contribution in [3.05, 3.63) is 23.1 Å². The smallest absolute Gasteiger partial charge is 0.167 e. The summed E-state index contributed by atoms with van der Waals surface area (Å²) in [7, 11) is 0. The second-order valence-corrected chi connectivity index (χ2v) is 5.12. The first-order valence-electron chi connectivity index (χ1n) is 6.30. The fourth-order valence-corrected chi connectivity index (χ4v) is 2.38. The van der Waals surface area contributed by atoms with Crippen molar-refractivity contribution >= 4 is 23.3 Å². The number of piperazine rings is 1. The van der Waals surface area contributed by atoms with Gasteiger partial charge < -0.3 is 15.8 Å². The Hall–Kier alpha value is -1.60. The number of pyridine rings is 1. The number of hydrogen-bond acceptors (Lipinski definition) is 5. The van der Waals surface area contributed by atoms with Crippen molar-refractivity contribution in [2.75, 3.05) is 31.1 Å². The lowest BCUT2D eigenvalue weighted by molar-refractivity contribution is 0.229. The van der Waals surface area contributed by atoms with Gasteiger partial charge in [0.25, 0.3) is 0 Å². The number of anilines is 1. The maximum Gasteiger partial charge on any atom is 0.167 e. The third-order valence-corrected chi connectivity index (χ3v) is 3.70. The Morgan fingerprint density at radius 3 is 2.70 bits per heavy atom. The van der Waals surface area contributed by atoms with Gasteiger partial charge in [0.2, 0.25) is 0 Å². The standard InChI is InChI=1S/C12H17ClFN5O/c1-8(11(15)17-20)18-2-4-19(5-3-18)12-10(14)6-9(13)7-16-12/h6-8,20H,2-5H2,1H3,(H2,15,17). The predicted octanol–water partition coefficient (Wildman–Crippen LogP) is 1.13. The number of rotatable bonds is 3. The summed E-state index contributed by atoms with van der Waals surface area (Å²) in [5, 5.41) is 12.0. The van der Waals surface area contributed by atoms with Crippen LogP contribution in [-0.2, 0) is 0 Å². The van der Waals surface area contributed by atoms with Crippen molar-refractivity contribution in [2.24, 2.45) is 10.9 Å². The van der Waals surface area contributed by atoms with Crippen LogP contribution < -0.4 is 10.6 Å². The van der Waals surface area contributed by atoms with Gasteiger partial charge in [-0.15, -0.1) is 0 Å². The molecule has 1 atom stereocenters. The Balaban J connectivity index is 2.01. The van der Waals surface area contributed by atoms with Gasteiger partial charge in [-0.1, -0.05) is 16.8 Å². The van der Waals surface area contributed by atoms with E-state index in [0.717, 1.165) is 0 Å². The maximum atomic E-state index is 13.8. The Morgan fingerprint density at radius 1 is 1.50 bits per heavy atom. The van der Waals surface area contributed by atoms with Crippen molar-refractivity contribution in [3.8, 4) is 0 Å². The molecule has 1 aromatic rings. The van der Waals surface area contributed by atoms with Crippen LogP contribution in [0.1, 0.15) is 6.92 Å². The third kappa shape index (κ3) is 3.10. The van der Waals surface area contributed by atoms with E-state index in [-0.39, 0.29) is 16.9 Å². The second kappa shape index (κ2) is 6.23. The summed E-state index contributed by atoms with van der Waals surface area (Å²) < 4.78 is 13.8. The van der Waals surface area contributed by atoms with E-state index >= 15 is 0 Å². The summed E-state index contributed by atoms with van der Waals surface area (Å²) in [5.41, 5.74) is 5.59. The van der Waals surface area contributed by atoms with Gasteiger partial charge in [-0.2, -0.15) is 0 Å². The molecule has 3 N–H and O–H groups in total. The normalized spacial score (nSPS) is 19.1. The Bertz CT molecular complexity index is 505. The molecule has 0 amide bonds. The van der Waals surface area contributed by atoms with Gasteiger partial charge in [-0.3, -0.25) is 4.90 Å². The fraction of sp³-hybridized carbons (Fsp3) is 0.500. The molecule has 110 valence electrons. The van der Waals surface area contributed by atoms with Crippen molar-refractivity contribution in [3.63, 3.8) is 0 Å². The van der Waals surface area contributed by atoms with Crippen LogP contribution in [-0.4, -0.2) is 53.1 Å². The minimum atomic E-state index is -0.421. The highest BCUT2D eigenvalue weighted by Crippen LogP contribution is 2.21. The summed E-state index contributed by atoms with van der Waals surface area (Å²) in [6.45, 7) is 4.47. The molecule has 2 heterocycles. The van der Waals surface area contributed by atoms with E-state index in [4.69, 9.17) is 22.5 Å². The Labute approximate surface area is 121 Å². The number of halogens is 2. The van der Waals surface area contributed by atoms with E-state index in [1.54, 1.807) is 0 Å². The van der Waals surface area contributed by atoms with E-state index in [0.29, 0.717) is 32.0 Å². The predicted molar refractivity (Wildman–Crippen MR) is 75.9 cm³/mol. The molecular formula is C12H17ClFN5O. The highest BCUT2D eigenvalue weighted by atomic mass is 35.5. The van der Waals surface area contributed by atoms with Crippen LogP contribution in [0.2, 0.25) is 5.02 Å². The fourth-order valence-electron chi connectivity index (χ4n) is 2.23. The van der Waals surface area contributed by atoms with E-state index in [2.05, 4.69) is 15.0 Å². The summed E-state index contributed by atoms with van der Waals surface area (Å²) in [5.74, 6) is 0.0650. The molecule has 0 aromatic carbocycles. The largest absolute Gasteiger partial charge is 0.409 e. The van der Waals surface area contributed by atoms with E-state index in [1.165, 1.54) is 12.3 Å². The molecule has 0 spiro atoms. The van der Waals surface area contributed by atoms with Crippen molar-refractivity contribution in [1.82, 2.24) is 9.88 Å². The molecular weight excluding hydrogens is 285 g/mol. The van der Waals surface area contributed by atoms with Crippen molar-refractivity contribution in [2.45, 2.75) is 13.0 Å². The molecule has 0 radical (unpaired) electrons. The van der Waals surface area contributed by atoms with Gasteiger partial charge in [0, 0.05) is 32.4 Å². The van der Waals surface area contributed by atoms with Crippen molar-refractivity contribution < 1.29 is 9.60 Å². The maximum absolute atomic E-state index is 13.8. The number of nitrogens with zero attached hydrogens (tertiary/aromatic N) is 4.